The van der Waals surface area contributed by atoms with E-state index in [4.69, 9.17) is 0 Å². The van der Waals surface area contributed by atoms with Gasteiger partial charge in [0, 0.05) is 17.0 Å². The normalized spacial score (nSPS) is 16.2. The van der Waals surface area contributed by atoms with Crippen LogP contribution in [0.5, 0.6) is 0 Å². The monoisotopic (exact) mass is 240 g/mol. The van der Waals surface area contributed by atoms with E-state index in [0.717, 1.165) is 5.01 Å². The van der Waals surface area contributed by atoms with Crippen LogP contribution in [0.25, 0.3) is 0 Å². The average Bonchev–Trinajstić information content (AvgIpc) is 2.43. The molecule has 92 valence electrons. The molecule has 1 heterocycles. The lowest BCUT2D eigenvalue weighted by molar-refractivity contribution is 0.269. The molecule has 1 aromatic heterocycles. The average molecular weight is 240 g/mol. The molecular weight excluding hydrogens is 216 g/mol. The first-order valence-corrected chi connectivity index (χ1v) is 6.73. The maximum Gasteiger partial charge on any atom is 0.0900 e. The molecule has 2 atom stereocenters. The molecule has 0 aromatic carbocycles. The Bertz CT molecular complexity index is 349. The van der Waals surface area contributed by atoms with E-state index in [1.165, 1.54) is 10.6 Å². The SMILES string of the molecule is Cc1nc(C)c(C(C)NC(C)C(C)(C)C)s1. The first-order valence-electron chi connectivity index (χ1n) is 5.91. The summed E-state index contributed by atoms with van der Waals surface area (Å²) in [5, 5.41) is 4.82. The van der Waals surface area contributed by atoms with Gasteiger partial charge in [-0.05, 0) is 33.1 Å². The van der Waals surface area contributed by atoms with Crippen LogP contribution in [-0.4, -0.2) is 11.0 Å². The highest BCUT2D eigenvalue weighted by molar-refractivity contribution is 7.11. The van der Waals surface area contributed by atoms with Crippen LogP contribution in [0.2, 0.25) is 0 Å². The Kier molecular flexibility index (Phi) is 4.13. The van der Waals surface area contributed by atoms with Crippen LogP contribution in [0, 0.1) is 19.3 Å². The maximum atomic E-state index is 4.48. The van der Waals surface area contributed by atoms with Gasteiger partial charge < -0.3 is 5.32 Å². The fraction of sp³-hybridized carbons (Fsp3) is 0.769. The van der Waals surface area contributed by atoms with E-state index in [0.29, 0.717) is 17.5 Å². The predicted molar refractivity (Wildman–Crippen MR) is 72.1 cm³/mol. The summed E-state index contributed by atoms with van der Waals surface area (Å²) in [4.78, 5) is 5.85. The summed E-state index contributed by atoms with van der Waals surface area (Å²) >= 11 is 1.80. The van der Waals surface area contributed by atoms with Crippen molar-refractivity contribution in [3.05, 3.63) is 15.6 Å². The van der Waals surface area contributed by atoms with Gasteiger partial charge in [0.25, 0.3) is 0 Å². The van der Waals surface area contributed by atoms with Crippen molar-refractivity contribution >= 4 is 11.3 Å². The van der Waals surface area contributed by atoms with E-state index < -0.39 is 0 Å². The molecule has 0 bridgehead atoms. The molecule has 3 heteroatoms. The Morgan fingerprint density at radius 1 is 1.19 bits per heavy atom. The number of aromatic nitrogens is 1. The molecule has 1 N–H and O–H groups in total. The highest BCUT2D eigenvalue weighted by atomic mass is 32.1. The Hall–Kier alpha value is -0.410. The topological polar surface area (TPSA) is 24.9 Å². The van der Waals surface area contributed by atoms with Crippen molar-refractivity contribution in [1.82, 2.24) is 10.3 Å². The highest BCUT2D eigenvalue weighted by Crippen LogP contribution is 2.27. The molecule has 1 aromatic rings. The van der Waals surface area contributed by atoms with Crippen LogP contribution >= 0.6 is 11.3 Å². The van der Waals surface area contributed by atoms with E-state index in [1.807, 2.05) is 0 Å². The summed E-state index contributed by atoms with van der Waals surface area (Å²) in [6.45, 7) is 15.4. The molecule has 0 aliphatic heterocycles. The van der Waals surface area contributed by atoms with Gasteiger partial charge in [-0.1, -0.05) is 20.8 Å². The minimum absolute atomic E-state index is 0.294. The molecule has 0 saturated heterocycles. The molecule has 0 aliphatic rings. The van der Waals surface area contributed by atoms with Crippen LogP contribution in [-0.2, 0) is 0 Å². The van der Waals surface area contributed by atoms with Crippen LogP contribution in [0.3, 0.4) is 0 Å². The predicted octanol–water partition coefficient (Wildman–Crippen LogP) is 3.85. The fourth-order valence-corrected chi connectivity index (χ4v) is 2.59. The number of hydrogen-bond donors (Lipinski definition) is 1. The zero-order valence-electron chi connectivity index (χ0n) is 11.5. The summed E-state index contributed by atoms with van der Waals surface area (Å²) in [5.74, 6) is 0. The highest BCUT2D eigenvalue weighted by Gasteiger charge is 2.23. The minimum atomic E-state index is 0.294. The zero-order chi connectivity index (χ0) is 12.5. The minimum Gasteiger partial charge on any atom is -0.306 e. The second-order valence-electron chi connectivity index (χ2n) is 5.66. The molecule has 0 fully saturated rings. The Labute approximate surface area is 103 Å². The van der Waals surface area contributed by atoms with Gasteiger partial charge in [-0.3, -0.25) is 0 Å². The molecule has 0 spiro atoms. The van der Waals surface area contributed by atoms with Crippen LogP contribution in [0.4, 0.5) is 0 Å². The molecule has 0 radical (unpaired) electrons. The quantitative estimate of drug-likeness (QED) is 0.868. The second kappa shape index (κ2) is 4.84. The van der Waals surface area contributed by atoms with Gasteiger partial charge >= 0.3 is 0 Å². The van der Waals surface area contributed by atoms with Gasteiger partial charge in [-0.15, -0.1) is 11.3 Å². The van der Waals surface area contributed by atoms with Crippen molar-refractivity contribution < 1.29 is 0 Å². The van der Waals surface area contributed by atoms with Crippen molar-refractivity contribution in [2.45, 2.75) is 60.5 Å². The molecule has 0 amide bonds. The molecule has 0 saturated carbocycles. The van der Waals surface area contributed by atoms with Crippen molar-refractivity contribution in [3.8, 4) is 0 Å². The first-order chi connectivity index (χ1) is 7.21. The first kappa shape index (κ1) is 13.7. The third-order valence-electron chi connectivity index (χ3n) is 3.13. The summed E-state index contributed by atoms with van der Waals surface area (Å²) < 4.78 is 0. The van der Waals surface area contributed by atoms with E-state index in [1.54, 1.807) is 11.3 Å². The lowest BCUT2D eigenvalue weighted by Crippen LogP contribution is -2.39. The molecule has 16 heavy (non-hydrogen) atoms. The van der Waals surface area contributed by atoms with Crippen LogP contribution in [0.1, 0.15) is 56.2 Å². The molecule has 2 unspecified atom stereocenters. The number of thiazole rings is 1. The smallest absolute Gasteiger partial charge is 0.0900 e. The third-order valence-corrected chi connectivity index (χ3v) is 4.39. The third kappa shape index (κ3) is 3.29. The lowest BCUT2D eigenvalue weighted by atomic mass is 9.87. The van der Waals surface area contributed by atoms with Crippen LogP contribution < -0.4 is 5.32 Å². The van der Waals surface area contributed by atoms with Gasteiger partial charge in [0.2, 0.25) is 0 Å². The van der Waals surface area contributed by atoms with Crippen molar-refractivity contribution in [1.29, 1.82) is 0 Å². The fourth-order valence-electron chi connectivity index (χ4n) is 1.65. The Morgan fingerprint density at radius 3 is 2.12 bits per heavy atom. The van der Waals surface area contributed by atoms with E-state index in [9.17, 15) is 0 Å². The summed E-state index contributed by atoms with van der Waals surface area (Å²) in [6, 6.07) is 0.879. The number of hydrogen-bond acceptors (Lipinski definition) is 3. The maximum absolute atomic E-state index is 4.48. The van der Waals surface area contributed by atoms with E-state index >= 15 is 0 Å². The standard InChI is InChI=1S/C13H24N2S/c1-8(14-10(3)13(5,6)7)12-9(2)15-11(4)16-12/h8,10,14H,1-7H3. The van der Waals surface area contributed by atoms with Crippen molar-refractivity contribution in [3.63, 3.8) is 0 Å². The Balaban J connectivity index is 2.73. The van der Waals surface area contributed by atoms with Gasteiger partial charge in [0.15, 0.2) is 0 Å². The molecule has 2 nitrogen and oxygen atoms in total. The summed E-state index contributed by atoms with van der Waals surface area (Å²) in [5.41, 5.74) is 1.46. The molecule has 1 rings (SSSR count). The largest absolute Gasteiger partial charge is 0.306 e. The number of aryl methyl sites for hydroxylation is 2. The van der Waals surface area contributed by atoms with E-state index in [-0.39, 0.29) is 0 Å². The van der Waals surface area contributed by atoms with Gasteiger partial charge in [-0.2, -0.15) is 0 Å². The second-order valence-corrected chi connectivity index (χ2v) is 6.89. The van der Waals surface area contributed by atoms with Gasteiger partial charge in [-0.25, -0.2) is 4.98 Å². The number of nitrogens with one attached hydrogen (secondary N) is 1. The number of nitrogens with zero attached hydrogens (tertiary/aromatic N) is 1. The summed E-state index contributed by atoms with van der Waals surface area (Å²) in [6.07, 6.45) is 0. The van der Waals surface area contributed by atoms with Crippen molar-refractivity contribution in [2.24, 2.45) is 5.41 Å². The van der Waals surface area contributed by atoms with Gasteiger partial charge in [0.05, 0.1) is 10.7 Å². The molecule has 0 aliphatic carbocycles. The summed E-state index contributed by atoms with van der Waals surface area (Å²) in [7, 11) is 0. The zero-order valence-corrected chi connectivity index (χ0v) is 12.3. The van der Waals surface area contributed by atoms with E-state index in [2.05, 4.69) is 58.8 Å². The van der Waals surface area contributed by atoms with Crippen molar-refractivity contribution in [2.75, 3.05) is 0 Å². The molecular formula is C13H24N2S. The van der Waals surface area contributed by atoms with Crippen LogP contribution in [0.15, 0.2) is 0 Å². The Morgan fingerprint density at radius 2 is 1.75 bits per heavy atom. The lowest BCUT2D eigenvalue weighted by Gasteiger charge is -2.31. The number of rotatable bonds is 3. The van der Waals surface area contributed by atoms with Gasteiger partial charge in [0.1, 0.15) is 0 Å².